The van der Waals surface area contributed by atoms with Gasteiger partial charge in [-0.15, -0.1) is 0 Å². The summed E-state index contributed by atoms with van der Waals surface area (Å²) in [6.07, 6.45) is -0.840. The van der Waals surface area contributed by atoms with E-state index in [1.807, 2.05) is 0 Å². The summed E-state index contributed by atoms with van der Waals surface area (Å²) >= 11 is 2.15. The third-order valence-electron chi connectivity index (χ3n) is 1.80. The van der Waals surface area contributed by atoms with Crippen LogP contribution in [0.4, 0.5) is 13.2 Å². The van der Waals surface area contributed by atoms with Crippen molar-refractivity contribution in [3.05, 3.63) is 35.6 Å². The normalized spacial score (nSPS) is 11.5. The predicted octanol–water partition coefficient (Wildman–Crippen LogP) is 3.78. The summed E-state index contributed by atoms with van der Waals surface area (Å²) in [5.74, 6) is -0.883. The smallest absolute Gasteiger partial charge is 0.294 e. The highest BCUT2D eigenvalue weighted by Gasteiger charge is 2.24. The molecule has 0 saturated heterocycles. The zero-order valence-electron chi connectivity index (χ0n) is 7.64. The summed E-state index contributed by atoms with van der Waals surface area (Å²) in [7, 11) is 0. The lowest BCUT2D eigenvalue weighted by atomic mass is 10.1. The second-order valence-electron chi connectivity index (χ2n) is 3.05. The van der Waals surface area contributed by atoms with Crippen LogP contribution in [0.2, 0.25) is 0 Å². The van der Waals surface area contributed by atoms with Crippen molar-refractivity contribution in [1.29, 1.82) is 0 Å². The SMILES string of the molecule is O=C(CCC(F)(F)Br)c1ccc(F)cc1. The Morgan fingerprint density at radius 2 is 1.80 bits per heavy atom. The summed E-state index contributed by atoms with van der Waals surface area (Å²) in [5.41, 5.74) is 0.244. The Kier molecular flexibility index (Phi) is 3.90. The molecule has 0 N–H and O–H groups in total. The van der Waals surface area contributed by atoms with Gasteiger partial charge in [0.15, 0.2) is 5.78 Å². The Labute approximate surface area is 93.4 Å². The molecule has 0 radical (unpaired) electrons. The van der Waals surface area contributed by atoms with E-state index in [1.165, 1.54) is 12.1 Å². The zero-order chi connectivity index (χ0) is 11.5. The lowest BCUT2D eigenvalue weighted by molar-refractivity contribution is 0.0827. The van der Waals surface area contributed by atoms with E-state index in [0.717, 1.165) is 12.1 Å². The Morgan fingerprint density at radius 1 is 1.27 bits per heavy atom. The lowest BCUT2D eigenvalue weighted by Crippen LogP contribution is -2.09. The Hall–Kier alpha value is -0.840. The van der Waals surface area contributed by atoms with Gasteiger partial charge >= 0.3 is 4.83 Å². The van der Waals surface area contributed by atoms with Gasteiger partial charge < -0.3 is 0 Å². The monoisotopic (exact) mass is 280 g/mol. The second kappa shape index (κ2) is 4.79. The average molecular weight is 281 g/mol. The van der Waals surface area contributed by atoms with Crippen LogP contribution < -0.4 is 0 Å². The van der Waals surface area contributed by atoms with Gasteiger partial charge in [-0.1, -0.05) is 0 Å². The van der Waals surface area contributed by atoms with Crippen LogP contribution in [0, 0.1) is 5.82 Å². The van der Waals surface area contributed by atoms with Gasteiger partial charge in [0.05, 0.1) is 0 Å². The predicted molar refractivity (Wildman–Crippen MR) is 53.8 cm³/mol. The largest absolute Gasteiger partial charge is 0.301 e. The second-order valence-corrected chi connectivity index (χ2v) is 4.21. The van der Waals surface area contributed by atoms with E-state index in [9.17, 15) is 18.0 Å². The summed E-state index contributed by atoms with van der Waals surface area (Å²) < 4.78 is 37.2. The summed E-state index contributed by atoms with van der Waals surface area (Å²) in [6, 6.07) is 4.81. The van der Waals surface area contributed by atoms with Crippen LogP contribution in [0.15, 0.2) is 24.3 Å². The van der Waals surface area contributed by atoms with Crippen molar-refractivity contribution in [2.24, 2.45) is 0 Å². The van der Waals surface area contributed by atoms with Crippen LogP contribution in [0.25, 0.3) is 0 Å². The van der Waals surface area contributed by atoms with Crippen LogP contribution in [0.1, 0.15) is 23.2 Å². The molecule has 0 heterocycles. The van der Waals surface area contributed by atoms with Gasteiger partial charge in [0.25, 0.3) is 0 Å². The maximum Gasteiger partial charge on any atom is 0.301 e. The van der Waals surface area contributed by atoms with Crippen molar-refractivity contribution in [2.75, 3.05) is 0 Å². The number of Topliss-reactive ketones (excluding diaryl/α,β-unsaturated/α-hetero) is 1. The highest BCUT2D eigenvalue weighted by atomic mass is 79.9. The molecule has 0 fully saturated rings. The van der Waals surface area contributed by atoms with E-state index >= 15 is 0 Å². The molecule has 15 heavy (non-hydrogen) atoms. The van der Waals surface area contributed by atoms with Crippen LogP contribution in [-0.4, -0.2) is 10.6 Å². The molecule has 1 aromatic rings. The van der Waals surface area contributed by atoms with Gasteiger partial charge in [0.2, 0.25) is 0 Å². The fourth-order valence-electron chi connectivity index (χ4n) is 1.04. The van der Waals surface area contributed by atoms with Crippen molar-refractivity contribution >= 4 is 21.7 Å². The van der Waals surface area contributed by atoms with Gasteiger partial charge in [-0.25, -0.2) is 4.39 Å². The minimum atomic E-state index is -3.03. The van der Waals surface area contributed by atoms with Crippen molar-refractivity contribution in [3.63, 3.8) is 0 Å². The molecule has 0 spiro atoms. The maximum atomic E-state index is 12.5. The van der Waals surface area contributed by atoms with Crippen LogP contribution in [-0.2, 0) is 0 Å². The summed E-state index contributed by atoms with van der Waals surface area (Å²) in [6.45, 7) is 0. The topological polar surface area (TPSA) is 17.1 Å². The number of hydrogen-bond acceptors (Lipinski definition) is 1. The van der Waals surface area contributed by atoms with Crippen molar-refractivity contribution in [1.82, 2.24) is 0 Å². The molecule has 82 valence electrons. The molecule has 1 nitrogen and oxygen atoms in total. The molecule has 0 amide bonds. The van der Waals surface area contributed by atoms with E-state index in [4.69, 9.17) is 0 Å². The van der Waals surface area contributed by atoms with E-state index < -0.39 is 22.9 Å². The maximum absolute atomic E-state index is 12.5. The molecular formula is C10H8BrF3O. The molecule has 0 aromatic heterocycles. The number of halogens is 4. The van der Waals surface area contributed by atoms with Crippen molar-refractivity contribution < 1.29 is 18.0 Å². The van der Waals surface area contributed by atoms with Crippen molar-refractivity contribution in [3.8, 4) is 0 Å². The fraction of sp³-hybridized carbons (Fsp3) is 0.300. The van der Waals surface area contributed by atoms with Crippen LogP contribution in [0.3, 0.4) is 0 Å². The molecule has 0 aliphatic rings. The Morgan fingerprint density at radius 3 is 2.27 bits per heavy atom. The van der Waals surface area contributed by atoms with E-state index in [1.54, 1.807) is 0 Å². The number of alkyl halides is 3. The fourth-order valence-corrected chi connectivity index (χ4v) is 1.23. The molecule has 0 aliphatic heterocycles. The van der Waals surface area contributed by atoms with E-state index in [-0.39, 0.29) is 12.0 Å². The molecule has 5 heteroatoms. The van der Waals surface area contributed by atoms with E-state index in [2.05, 4.69) is 15.9 Å². The summed E-state index contributed by atoms with van der Waals surface area (Å²) in [4.78, 5) is 8.30. The molecule has 0 aliphatic carbocycles. The van der Waals surface area contributed by atoms with Gasteiger partial charge in [-0.3, -0.25) is 4.79 Å². The van der Waals surface area contributed by atoms with E-state index in [0.29, 0.717) is 0 Å². The highest BCUT2D eigenvalue weighted by molar-refractivity contribution is 9.09. The minimum absolute atomic E-state index is 0.244. The molecule has 0 unspecified atom stereocenters. The Balaban J connectivity index is 2.58. The first kappa shape index (κ1) is 12.2. The number of ketones is 1. The number of benzene rings is 1. The first-order valence-electron chi connectivity index (χ1n) is 4.24. The van der Waals surface area contributed by atoms with Gasteiger partial charge in [0, 0.05) is 18.4 Å². The van der Waals surface area contributed by atoms with Crippen LogP contribution >= 0.6 is 15.9 Å². The zero-order valence-corrected chi connectivity index (χ0v) is 9.23. The molecule has 0 saturated carbocycles. The van der Waals surface area contributed by atoms with Gasteiger partial charge in [-0.2, -0.15) is 8.78 Å². The standard InChI is InChI=1S/C10H8BrF3O/c11-10(13,14)6-5-9(15)7-1-3-8(12)4-2-7/h1-4H,5-6H2. The third-order valence-corrected chi connectivity index (χ3v) is 2.20. The number of hydrogen-bond donors (Lipinski definition) is 0. The van der Waals surface area contributed by atoms with Crippen molar-refractivity contribution in [2.45, 2.75) is 17.7 Å². The summed E-state index contributed by atoms with van der Waals surface area (Å²) in [5, 5.41) is 0. The van der Waals surface area contributed by atoms with Gasteiger partial charge in [0.1, 0.15) is 5.82 Å². The number of carbonyl (C=O) groups is 1. The Bertz CT molecular complexity index is 343. The lowest BCUT2D eigenvalue weighted by Gasteiger charge is -2.06. The number of rotatable bonds is 4. The third kappa shape index (κ3) is 4.46. The quantitative estimate of drug-likeness (QED) is 0.606. The first-order chi connectivity index (χ1) is 6.88. The minimum Gasteiger partial charge on any atom is -0.294 e. The molecule has 0 bridgehead atoms. The average Bonchev–Trinajstić information content (AvgIpc) is 2.14. The molecule has 0 atom stereocenters. The van der Waals surface area contributed by atoms with Crippen LogP contribution in [0.5, 0.6) is 0 Å². The molecule has 1 aromatic carbocycles. The first-order valence-corrected chi connectivity index (χ1v) is 5.03. The molecule has 1 rings (SSSR count). The van der Waals surface area contributed by atoms with Gasteiger partial charge in [-0.05, 0) is 40.2 Å². The number of carbonyl (C=O) groups excluding carboxylic acids is 1. The highest BCUT2D eigenvalue weighted by Crippen LogP contribution is 2.27. The molecular weight excluding hydrogens is 273 g/mol.